The minimum absolute atomic E-state index is 0. The molecule has 1 aromatic carbocycles. The van der Waals surface area contributed by atoms with Crippen molar-refractivity contribution in [1.29, 1.82) is 0 Å². The fraction of sp³-hybridized carbons (Fsp3) is 0.385. The molecule has 1 aliphatic rings. The second-order valence-electron chi connectivity index (χ2n) is 5.22. The summed E-state index contributed by atoms with van der Waals surface area (Å²) in [5.74, 6) is 0.184. The van der Waals surface area contributed by atoms with Crippen molar-refractivity contribution >= 4 is 41.7 Å². The van der Waals surface area contributed by atoms with Gasteiger partial charge in [-0.05, 0) is 32.0 Å². The number of nitrogens with two attached hydrogens (primary N) is 1. The number of carbonyl (C=O) groups is 2. The van der Waals surface area contributed by atoms with Gasteiger partial charge in [-0.25, -0.2) is 0 Å². The first kappa shape index (κ1) is 16.8. The van der Waals surface area contributed by atoms with Gasteiger partial charge in [0.15, 0.2) is 0 Å². The van der Waals surface area contributed by atoms with E-state index in [-0.39, 0.29) is 24.2 Å². The van der Waals surface area contributed by atoms with Gasteiger partial charge in [-0.2, -0.15) is 0 Å². The maximum atomic E-state index is 12.0. The van der Waals surface area contributed by atoms with Gasteiger partial charge in [0.05, 0.1) is 11.4 Å². The van der Waals surface area contributed by atoms with E-state index < -0.39 is 5.54 Å². The van der Waals surface area contributed by atoms with Gasteiger partial charge < -0.3 is 16.4 Å². The zero-order chi connectivity index (χ0) is 14.0. The van der Waals surface area contributed by atoms with E-state index in [0.29, 0.717) is 23.5 Å². The second kappa shape index (κ2) is 6.47. The Labute approximate surface area is 128 Å². The minimum atomic E-state index is -0.450. The zero-order valence-electron chi connectivity index (χ0n) is 11.4. The SMILES string of the molecule is CC(C)(N)CNC(=O)c1ccc2c(c1)NC(=O)CS2.Cl. The minimum Gasteiger partial charge on any atom is -0.350 e. The van der Waals surface area contributed by atoms with Gasteiger partial charge in [-0.3, -0.25) is 9.59 Å². The number of hydrogen-bond acceptors (Lipinski definition) is 4. The first-order valence-electron chi connectivity index (χ1n) is 5.99. The van der Waals surface area contributed by atoms with Crippen LogP contribution < -0.4 is 16.4 Å². The van der Waals surface area contributed by atoms with Gasteiger partial charge in [0.25, 0.3) is 5.91 Å². The van der Waals surface area contributed by atoms with Crippen molar-refractivity contribution in [3.63, 3.8) is 0 Å². The quantitative estimate of drug-likeness (QED) is 0.791. The van der Waals surface area contributed by atoms with Crippen molar-refractivity contribution in [3.8, 4) is 0 Å². The Morgan fingerprint density at radius 2 is 2.20 bits per heavy atom. The molecule has 0 radical (unpaired) electrons. The fourth-order valence-corrected chi connectivity index (χ4v) is 2.42. The largest absolute Gasteiger partial charge is 0.350 e. The van der Waals surface area contributed by atoms with Crippen molar-refractivity contribution in [2.45, 2.75) is 24.3 Å². The van der Waals surface area contributed by atoms with Crippen LogP contribution in [0.3, 0.4) is 0 Å². The molecule has 0 bridgehead atoms. The van der Waals surface area contributed by atoms with Crippen LogP contribution in [-0.2, 0) is 4.79 Å². The molecule has 2 amide bonds. The summed E-state index contributed by atoms with van der Waals surface area (Å²) in [7, 11) is 0. The van der Waals surface area contributed by atoms with Gasteiger partial charge in [0.2, 0.25) is 5.91 Å². The molecule has 2 rings (SSSR count). The Bertz CT molecular complexity index is 529. The number of halogens is 1. The van der Waals surface area contributed by atoms with Crippen LogP contribution in [0.25, 0.3) is 0 Å². The van der Waals surface area contributed by atoms with E-state index in [1.807, 2.05) is 19.9 Å². The molecule has 0 saturated carbocycles. The lowest BCUT2D eigenvalue weighted by atomic mass is 10.1. The number of benzene rings is 1. The second-order valence-corrected chi connectivity index (χ2v) is 6.24. The number of carbonyl (C=O) groups excluding carboxylic acids is 2. The Morgan fingerprint density at radius 1 is 1.50 bits per heavy atom. The van der Waals surface area contributed by atoms with E-state index >= 15 is 0 Å². The standard InChI is InChI=1S/C13H17N3O2S.ClH/c1-13(2,14)7-15-12(18)8-3-4-10-9(5-8)16-11(17)6-19-10;/h3-5H,6-7,14H2,1-2H3,(H,15,18)(H,16,17);1H. The highest BCUT2D eigenvalue weighted by Crippen LogP contribution is 2.31. The summed E-state index contributed by atoms with van der Waals surface area (Å²) in [4.78, 5) is 24.3. The van der Waals surface area contributed by atoms with E-state index in [2.05, 4.69) is 10.6 Å². The molecule has 5 nitrogen and oxygen atoms in total. The average molecular weight is 316 g/mol. The Hall–Kier alpha value is -1.24. The molecule has 1 aromatic rings. The van der Waals surface area contributed by atoms with Gasteiger partial charge in [0, 0.05) is 22.5 Å². The van der Waals surface area contributed by atoms with Crippen LogP contribution in [0.15, 0.2) is 23.1 Å². The lowest BCUT2D eigenvalue weighted by molar-refractivity contribution is -0.113. The van der Waals surface area contributed by atoms with Crippen LogP contribution in [0.1, 0.15) is 24.2 Å². The number of amides is 2. The normalized spacial score (nSPS) is 13.8. The lowest BCUT2D eigenvalue weighted by Crippen LogP contribution is -2.45. The Kier molecular flexibility index (Phi) is 5.44. The van der Waals surface area contributed by atoms with Crippen molar-refractivity contribution in [2.75, 3.05) is 17.6 Å². The highest BCUT2D eigenvalue weighted by molar-refractivity contribution is 8.00. The third kappa shape index (κ3) is 4.40. The topological polar surface area (TPSA) is 84.2 Å². The van der Waals surface area contributed by atoms with Crippen LogP contribution in [-0.4, -0.2) is 29.7 Å². The summed E-state index contributed by atoms with van der Waals surface area (Å²) in [6.07, 6.45) is 0. The van der Waals surface area contributed by atoms with Crippen LogP contribution in [0.2, 0.25) is 0 Å². The van der Waals surface area contributed by atoms with E-state index in [0.717, 1.165) is 4.90 Å². The summed E-state index contributed by atoms with van der Waals surface area (Å²) in [5.41, 5.74) is 6.58. The molecule has 1 aliphatic heterocycles. The van der Waals surface area contributed by atoms with Gasteiger partial charge >= 0.3 is 0 Å². The summed E-state index contributed by atoms with van der Waals surface area (Å²) in [6, 6.07) is 5.29. The molecule has 0 fully saturated rings. The van der Waals surface area contributed by atoms with E-state index in [1.165, 1.54) is 11.8 Å². The monoisotopic (exact) mass is 315 g/mol. The number of hydrogen-bond donors (Lipinski definition) is 3. The van der Waals surface area contributed by atoms with Crippen LogP contribution in [0.5, 0.6) is 0 Å². The maximum absolute atomic E-state index is 12.0. The smallest absolute Gasteiger partial charge is 0.251 e. The van der Waals surface area contributed by atoms with Crippen LogP contribution in [0.4, 0.5) is 5.69 Å². The molecular formula is C13H18ClN3O2S. The molecule has 0 spiro atoms. The molecule has 0 aliphatic carbocycles. The molecule has 20 heavy (non-hydrogen) atoms. The molecule has 0 unspecified atom stereocenters. The van der Waals surface area contributed by atoms with E-state index in [4.69, 9.17) is 5.73 Å². The number of rotatable bonds is 3. The number of nitrogens with one attached hydrogen (secondary N) is 2. The van der Waals surface area contributed by atoms with E-state index in [9.17, 15) is 9.59 Å². The highest BCUT2D eigenvalue weighted by atomic mass is 35.5. The third-order valence-corrected chi connectivity index (χ3v) is 3.65. The molecule has 0 saturated heterocycles. The lowest BCUT2D eigenvalue weighted by Gasteiger charge is -2.20. The first-order chi connectivity index (χ1) is 8.85. The Balaban J connectivity index is 0.00000200. The first-order valence-corrected chi connectivity index (χ1v) is 6.97. The van der Waals surface area contributed by atoms with Crippen LogP contribution in [0, 0.1) is 0 Å². The molecule has 0 atom stereocenters. The summed E-state index contributed by atoms with van der Waals surface area (Å²) < 4.78 is 0. The molecule has 7 heteroatoms. The number of fused-ring (bicyclic) bond motifs is 1. The Morgan fingerprint density at radius 3 is 2.85 bits per heavy atom. The molecule has 1 heterocycles. The number of anilines is 1. The third-order valence-electron chi connectivity index (χ3n) is 2.58. The fourth-order valence-electron chi connectivity index (χ4n) is 1.63. The average Bonchev–Trinajstić information content (AvgIpc) is 2.34. The van der Waals surface area contributed by atoms with Crippen molar-refractivity contribution < 1.29 is 9.59 Å². The van der Waals surface area contributed by atoms with Crippen molar-refractivity contribution in [1.82, 2.24) is 5.32 Å². The van der Waals surface area contributed by atoms with E-state index in [1.54, 1.807) is 12.1 Å². The van der Waals surface area contributed by atoms with Gasteiger partial charge in [0.1, 0.15) is 0 Å². The van der Waals surface area contributed by atoms with Gasteiger partial charge in [-0.1, -0.05) is 0 Å². The predicted molar refractivity (Wildman–Crippen MR) is 83.6 cm³/mol. The zero-order valence-corrected chi connectivity index (χ0v) is 13.0. The highest BCUT2D eigenvalue weighted by Gasteiger charge is 2.18. The summed E-state index contributed by atoms with van der Waals surface area (Å²) >= 11 is 1.47. The van der Waals surface area contributed by atoms with Crippen molar-refractivity contribution in [2.24, 2.45) is 5.73 Å². The molecule has 4 N–H and O–H groups in total. The number of thioether (sulfide) groups is 1. The van der Waals surface area contributed by atoms with Gasteiger partial charge in [-0.15, -0.1) is 24.2 Å². The predicted octanol–water partition coefficient (Wildman–Crippen LogP) is 1.62. The molecule has 110 valence electrons. The summed E-state index contributed by atoms with van der Waals surface area (Å²) in [5, 5.41) is 5.54. The molecule has 0 aromatic heterocycles. The van der Waals surface area contributed by atoms with Crippen molar-refractivity contribution in [3.05, 3.63) is 23.8 Å². The summed E-state index contributed by atoms with van der Waals surface area (Å²) in [6.45, 7) is 4.08. The molecular weight excluding hydrogens is 298 g/mol. The van der Waals surface area contributed by atoms with Crippen LogP contribution >= 0.6 is 24.2 Å². The maximum Gasteiger partial charge on any atom is 0.251 e.